The summed E-state index contributed by atoms with van der Waals surface area (Å²) >= 11 is 0. The number of rotatable bonds is 3. The average molecular weight is 333 g/mol. The fourth-order valence-electron chi connectivity index (χ4n) is 4.91. The zero-order chi connectivity index (χ0) is 17.4. The number of benzene rings is 2. The quantitative estimate of drug-likeness (QED) is 0.813. The Bertz CT molecular complexity index is 809. The first-order valence-electron chi connectivity index (χ1n) is 9.26. The molecule has 2 unspecified atom stereocenters. The van der Waals surface area contributed by atoms with E-state index in [1.54, 1.807) is 7.11 Å². The number of ether oxygens (including phenoxy) is 1. The highest BCUT2D eigenvalue weighted by Gasteiger charge is 2.44. The molecule has 0 bridgehead atoms. The second kappa shape index (κ2) is 6.34. The number of likely N-dealkylation sites (N-methyl/N-ethyl adjacent to an activating group) is 1. The van der Waals surface area contributed by atoms with Crippen molar-refractivity contribution in [2.45, 2.75) is 37.6 Å². The van der Waals surface area contributed by atoms with Gasteiger partial charge in [-0.25, -0.2) is 0 Å². The van der Waals surface area contributed by atoms with Crippen molar-refractivity contribution in [3.8, 4) is 5.75 Å². The van der Waals surface area contributed by atoms with Crippen molar-refractivity contribution in [3.05, 3.63) is 70.8 Å². The van der Waals surface area contributed by atoms with Crippen LogP contribution >= 0.6 is 0 Å². The summed E-state index contributed by atoms with van der Waals surface area (Å²) in [5, 5.41) is 0. The van der Waals surface area contributed by atoms with E-state index < -0.39 is 0 Å². The van der Waals surface area contributed by atoms with Gasteiger partial charge in [0.25, 0.3) is 0 Å². The third-order valence-corrected chi connectivity index (χ3v) is 6.15. The van der Waals surface area contributed by atoms with Crippen LogP contribution in [0.1, 0.15) is 35.1 Å². The summed E-state index contributed by atoms with van der Waals surface area (Å²) in [5.74, 6) is 0.941. The third-order valence-electron chi connectivity index (χ3n) is 6.15. The summed E-state index contributed by atoms with van der Waals surface area (Å²) in [5.41, 5.74) is 5.63. The van der Waals surface area contributed by atoms with E-state index in [9.17, 15) is 0 Å². The molecule has 1 saturated heterocycles. The first-order valence-corrected chi connectivity index (χ1v) is 9.26. The van der Waals surface area contributed by atoms with Crippen LogP contribution in [0.3, 0.4) is 0 Å². The number of nitrogens with zero attached hydrogens (tertiary/aromatic N) is 1. The van der Waals surface area contributed by atoms with Gasteiger partial charge in [0.05, 0.1) is 7.11 Å². The lowest BCUT2D eigenvalue weighted by Gasteiger charge is -2.43. The smallest absolute Gasteiger partial charge is 0.119 e. The maximum Gasteiger partial charge on any atom is 0.119 e. The number of likely N-dealkylation sites (tertiary alicyclic amines) is 1. The molecule has 1 aliphatic carbocycles. The van der Waals surface area contributed by atoms with Crippen molar-refractivity contribution < 1.29 is 4.74 Å². The topological polar surface area (TPSA) is 12.5 Å². The number of aryl methyl sites for hydroxylation is 1. The second-order valence-corrected chi connectivity index (χ2v) is 7.57. The van der Waals surface area contributed by atoms with Crippen LogP contribution in [0.25, 0.3) is 6.08 Å². The molecule has 2 aliphatic rings. The summed E-state index contributed by atoms with van der Waals surface area (Å²) < 4.78 is 5.44. The molecule has 0 saturated carbocycles. The van der Waals surface area contributed by atoms with Gasteiger partial charge < -0.3 is 9.64 Å². The van der Waals surface area contributed by atoms with Gasteiger partial charge in [0, 0.05) is 11.5 Å². The first-order chi connectivity index (χ1) is 12.1. The molecule has 1 aliphatic heterocycles. The molecule has 4 rings (SSSR count). The molecule has 25 heavy (non-hydrogen) atoms. The minimum atomic E-state index is 0.0377. The fraction of sp³-hybridized carbons (Fsp3) is 0.391. The van der Waals surface area contributed by atoms with Crippen LogP contribution in [0, 0.1) is 6.92 Å². The minimum Gasteiger partial charge on any atom is -0.497 e. The number of hydrogen-bond acceptors (Lipinski definition) is 2. The lowest BCUT2D eigenvalue weighted by Crippen LogP contribution is -2.47. The van der Waals surface area contributed by atoms with E-state index in [4.69, 9.17) is 4.74 Å². The maximum atomic E-state index is 5.44. The summed E-state index contributed by atoms with van der Waals surface area (Å²) in [6.07, 6.45) is 8.44. The van der Waals surface area contributed by atoms with E-state index in [1.165, 1.54) is 41.6 Å². The predicted octanol–water partition coefficient (Wildman–Crippen LogP) is 4.61. The Morgan fingerprint density at radius 3 is 2.72 bits per heavy atom. The fourth-order valence-corrected chi connectivity index (χ4v) is 4.91. The molecule has 2 aromatic carbocycles. The summed E-state index contributed by atoms with van der Waals surface area (Å²) in [6, 6.07) is 16.0. The van der Waals surface area contributed by atoms with Crippen molar-refractivity contribution in [3.63, 3.8) is 0 Å². The van der Waals surface area contributed by atoms with Crippen molar-refractivity contribution in [2.24, 2.45) is 0 Å². The zero-order valence-corrected chi connectivity index (χ0v) is 15.5. The summed E-state index contributed by atoms with van der Waals surface area (Å²) in [7, 11) is 4.03. The second-order valence-electron chi connectivity index (χ2n) is 7.57. The molecule has 130 valence electrons. The summed E-state index contributed by atoms with van der Waals surface area (Å²) in [4.78, 5) is 2.56. The molecule has 1 heterocycles. The van der Waals surface area contributed by atoms with E-state index in [-0.39, 0.29) is 5.41 Å². The van der Waals surface area contributed by atoms with Crippen LogP contribution < -0.4 is 4.74 Å². The lowest BCUT2D eigenvalue weighted by atomic mass is 9.65. The van der Waals surface area contributed by atoms with Crippen LogP contribution in [0.4, 0.5) is 0 Å². The Morgan fingerprint density at radius 1 is 1.16 bits per heavy atom. The van der Waals surface area contributed by atoms with Crippen molar-refractivity contribution in [2.75, 3.05) is 20.7 Å². The monoisotopic (exact) mass is 333 g/mol. The van der Waals surface area contributed by atoms with Crippen molar-refractivity contribution >= 4 is 6.08 Å². The van der Waals surface area contributed by atoms with Crippen molar-refractivity contribution in [1.29, 1.82) is 0 Å². The van der Waals surface area contributed by atoms with E-state index in [1.807, 2.05) is 0 Å². The van der Waals surface area contributed by atoms with Gasteiger partial charge in [-0.1, -0.05) is 42.5 Å². The van der Waals surface area contributed by atoms with E-state index >= 15 is 0 Å². The molecular weight excluding hydrogens is 306 g/mol. The van der Waals surface area contributed by atoms with Crippen LogP contribution in [0.5, 0.6) is 5.75 Å². The van der Waals surface area contributed by atoms with Crippen molar-refractivity contribution in [1.82, 2.24) is 4.90 Å². The van der Waals surface area contributed by atoms with Gasteiger partial charge in [0.1, 0.15) is 5.75 Å². The molecule has 0 spiro atoms. The largest absolute Gasteiger partial charge is 0.497 e. The highest BCUT2D eigenvalue weighted by Crippen LogP contribution is 2.45. The number of fused-ring (bicyclic) bond motifs is 1. The molecule has 0 N–H and O–H groups in total. The zero-order valence-electron chi connectivity index (χ0n) is 15.5. The van der Waals surface area contributed by atoms with E-state index in [0.29, 0.717) is 6.04 Å². The Labute approximate surface area is 151 Å². The maximum absolute atomic E-state index is 5.44. The Hall–Kier alpha value is -2.06. The van der Waals surface area contributed by atoms with Crippen LogP contribution in [0.2, 0.25) is 0 Å². The van der Waals surface area contributed by atoms with Gasteiger partial charge >= 0.3 is 0 Å². The molecule has 2 nitrogen and oxygen atoms in total. The molecule has 2 aromatic rings. The third kappa shape index (κ3) is 2.69. The van der Waals surface area contributed by atoms with Gasteiger partial charge in [0.2, 0.25) is 0 Å². The number of hydrogen-bond donors (Lipinski definition) is 0. The lowest BCUT2D eigenvalue weighted by molar-refractivity contribution is 0.221. The van der Waals surface area contributed by atoms with Gasteiger partial charge in [-0.3, -0.25) is 0 Å². The summed E-state index contributed by atoms with van der Waals surface area (Å²) in [6.45, 7) is 3.42. The first kappa shape index (κ1) is 16.4. The van der Waals surface area contributed by atoms with Crippen LogP contribution in [0.15, 0.2) is 48.5 Å². The SMILES string of the molecule is COc1ccc(C2(C3CCCN3C)C=Cc3ccccc3C2)c(C)c1. The van der Waals surface area contributed by atoms with E-state index in [0.717, 1.165) is 12.2 Å². The predicted molar refractivity (Wildman–Crippen MR) is 104 cm³/mol. The van der Waals surface area contributed by atoms with Gasteiger partial charge in [-0.2, -0.15) is 0 Å². The highest BCUT2D eigenvalue weighted by atomic mass is 16.5. The molecule has 2 heteroatoms. The molecule has 1 fully saturated rings. The molecular formula is C23H27NO. The van der Waals surface area contributed by atoms with Crippen LogP contribution in [-0.4, -0.2) is 31.6 Å². The molecule has 2 atom stereocenters. The number of methoxy groups -OCH3 is 1. The minimum absolute atomic E-state index is 0.0377. The Morgan fingerprint density at radius 2 is 2.00 bits per heavy atom. The standard InChI is InChI=1S/C23H27NO/c1-17-15-20(25-3)10-11-21(17)23(22-9-6-14-24(22)2)13-12-18-7-4-5-8-19(18)16-23/h4-5,7-8,10-13,15,22H,6,9,14,16H2,1-3H3. The van der Waals surface area contributed by atoms with Gasteiger partial charge in [0.15, 0.2) is 0 Å². The van der Waals surface area contributed by atoms with Gasteiger partial charge in [-0.15, -0.1) is 0 Å². The van der Waals surface area contributed by atoms with Gasteiger partial charge in [-0.05, 0) is 74.2 Å². The molecule has 0 radical (unpaired) electrons. The average Bonchev–Trinajstić information content (AvgIpc) is 3.07. The normalized spacial score (nSPS) is 25.8. The van der Waals surface area contributed by atoms with Crippen LogP contribution in [-0.2, 0) is 11.8 Å². The molecule has 0 aromatic heterocycles. The Balaban J connectivity index is 1.87. The Kier molecular flexibility index (Phi) is 4.16. The van der Waals surface area contributed by atoms with E-state index in [2.05, 4.69) is 73.5 Å². The molecule has 0 amide bonds. The highest BCUT2D eigenvalue weighted by molar-refractivity contribution is 5.62.